The first-order valence-electron chi connectivity index (χ1n) is 5.11. The fourth-order valence-electron chi connectivity index (χ4n) is 1.46. The number of amides is 1. The average molecular weight is 306 g/mol. The molecule has 1 rings (SSSR count). The van der Waals surface area contributed by atoms with Crippen LogP contribution in [0.15, 0.2) is 21.2 Å². The number of hydrogen-bond donors (Lipinski definition) is 0. The van der Waals surface area contributed by atoms with E-state index in [1.54, 1.807) is 28.8 Å². The van der Waals surface area contributed by atoms with E-state index in [1.165, 1.54) is 0 Å². The summed E-state index contributed by atoms with van der Waals surface area (Å²) >= 11 is 4.94. The summed E-state index contributed by atoms with van der Waals surface area (Å²) in [6, 6.07) is 3.68. The number of halogens is 1. The third kappa shape index (κ3) is 3.28. The van der Waals surface area contributed by atoms with E-state index in [1.807, 2.05) is 13.3 Å². The molecule has 0 saturated carbocycles. The second kappa shape index (κ2) is 6.35. The number of nitrogens with zero attached hydrogens (tertiary/aromatic N) is 1. The molecule has 0 saturated heterocycles. The Hall–Kier alpha value is -0.420. The third-order valence-electron chi connectivity index (χ3n) is 2.48. The molecule has 0 spiro atoms. The van der Waals surface area contributed by atoms with Crippen molar-refractivity contribution in [2.45, 2.75) is 19.4 Å². The molecule has 0 aromatic carbocycles. The Morgan fingerprint density at radius 3 is 2.75 bits per heavy atom. The fourth-order valence-corrected chi connectivity index (χ4v) is 2.62. The first-order chi connectivity index (χ1) is 7.60. The van der Waals surface area contributed by atoms with Crippen LogP contribution in [0, 0.1) is 0 Å². The van der Waals surface area contributed by atoms with E-state index < -0.39 is 0 Å². The molecule has 0 fully saturated rings. The van der Waals surface area contributed by atoms with Crippen molar-refractivity contribution in [2.24, 2.45) is 0 Å². The van der Waals surface area contributed by atoms with Gasteiger partial charge in [0.05, 0.1) is 0 Å². The molecule has 0 aliphatic rings. The van der Waals surface area contributed by atoms with Crippen LogP contribution in [-0.2, 0) is 0 Å². The number of carbonyl (C=O) groups excluding carboxylic acids is 1. The summed E-state index contributed by atoms with van der Waals surface area (Å²) in [5, 5.41) is 0. The number of hydrogen-bond acceptors (Lipinski definition) is 3. The molecule has 1 atom stereocenters. The Morgan fingerprint density at radius 2 is 2.31 bits per heavy atom. The molecule has 3 nitrogen and oxygen atoms in total. The maximum Gasteiger partial charge on any atom is 0.289 e. The van der Waals surface area contributed by atoms with Gasteiger partial charge in [0.25, 0.3) is 5.91 Å². The predicted molar refractivity (Wildman–Crippen MR) is 71.0 cm³/mol. The van der Waals surface area contributed by atoms with Crippen molar-refractivity contribution in [1.82, 2.24) is 4.90 Å². The van der Waals surface area contributed by atoms with Crippen LogP contribution in [0.3, 0.4) is 0 Å². The Kier molecular flexibility index (Phi) is 5.41. The van der Waals surface area contributed by atoms with Crippen LogP contribution in [-0.4, -0.2) is 35.9 Å². The standard InChI is InChI=1S/C11H16BrNO2S/c1-4-8(7-16-3)13(2)11(14)9-5-6-10(12)15-9/h5-6,8H,4,7H2,1-3H3. The van der Waals surface area contributed by atoms with Gasteiger partial charge in [-0.2, -0.15) is 11.8 Å². The summed E-state index contributed by atoms with van der Waals surface area (Å²) in [6.07, 6.45) is 3.00. The van der Waals surface area contributed by atoms with E-state index in [0.717, 1.165) is 12.2 Å². The Labute approximate surface area is 109 Å². The normalized spacial score (nSPS) is 12.5. The molecule has 16 heavy (non-hydrogen) atoms. The van der Waals surface area contributed by atoms with Gasteiger partial charge in [0, 0.05) is 18.8 Å². The molecule has 0 bridgehead atoms. The van der Waals surface area contributed by atoms with Gasteiger partial charge in [0.1, 0.15) is 0 Å². The minimum absolute atomic E-state index is 0.0633. The molecular weight excluding hydrogens is 290 g/mol. The molecular formula is C11H16BrNO2S. The molecule has 5 heteroatoms. The lowest BCUT2D eigenvalue weighted by atomic mass is 10.2. The molecule has 0 radical (unpaired) electrons. The van der Waals surface area contributed by atoms with Gasteiger partial charge in [0.15, 0.2) is 10.4 Å². The van der Waals surface area contributed by atoms with Crippen molar-refractivity contribution >= 4 is 33.6 Å². The average Bonchev–Trinajstić information content (AvgIpc) is 2.70. The quantitative estimate of drug-likeness (QED) is 0.837. The van der Waals surface area contributed by atoms with Crippen molar-refractivity contribution < 1.29 is 9.21 Å². The largest absolute Gasteiger partial charge is 0.444 e. The number of carbonyl (C=O) groups is 1. The smallest absolute Gasteiger partial charge is 0.289 e. The van der Waals surface area contributed by atoms with Crippen LogP contribution < -0.4 is 0 Å². The zero-order valence-electron chi connectivity index (χ0n) is 9.70. The van der Waals surface area contributed by atoms with Crippen LogP contribution >= 0.6 is 27.7 Å². The van der Waals surface area contributed by atoms with Crippen molar-refractivity contribution in [2.75, 3.05) is 19.1 Å². The molecule has 0 N–H and O–H groups in total. The molecule has 1 aromatic rings. The first-order valence-corrected chi connectivity index (χ1v) is 7.30. The SMILES string of the molecule is CCC(CSC)N(C)C(=O)c1ccc(Br)o1. The Morgan fingerprint density at radius 1 is 1.62 bits per heavy atom. The van der Waals surface area contributed by atoms with Crippen LogP contribution in [0.2, 0.25) is 0 Å². The van der Waals surface area contributed by atoms with Gasteiger partial charge in [-0.05, 0) is 40.7 Å². The molecule has 1 aromatic heterocycles. The zero-order valence-corrected chi connectivity index (χ0v) is 12.1. The van der Waals surface area contributed by atoms with Gasteiger partial charge < -0.3 is 9.32 Å². The summed E-state index contributed by atoms with van der Waals surface area (Å²) in [4.78, 5) is 13.8. The summed E-state index contributed by atoms with van der Waals surface area (Å²) in [5.74, 6) is 1.26. The molecule has 0 aliphatic heterocycles. The fraction of sp³-hybridized carbons (Fsp3) is 0.545. The summed E-state index contributed by atoms with van der Waals surface area (Å²) in [5.41, 5.74) is 0. The van der Waals surface area contributed by atoms with E-state index >= 15 is 0 Å². The second-order valence-electron chi connectivity index (χ2n) is 3.54. The lowest BCUT2D eigenvalue weighted by molar-refractivity contribution is 0.0710. The van der Waals surface area contributed by atoms with Crippen LogP contribution in [0.5, 0.6) is 0 Å². The van der Waals surface area contributed by atoms with Crippen molar-refractivity contribution in [3.63, 3.8) is 0 Å². The highest BCUT2D eigenvalue weighted by molar-refractivity contribution is 9.10. The highest BCUT2D eigenvalue weighted by Crippen LogP contribution is 2.17. The lowest BCUT2D eigenvalue weighted by Gasteiger charge is -2.25. The minimum atomic E-state index is -0.0633. The third-order valence-corrected chi connectivity index (χ3v) is 3.63. The monoisotopic (exact) mass is 305 g/mol. The van der Waals surface area contributed by atoms with Crippen molar-refractivity contribution in [1.29, 1.82) is 0 Å². The summed E-state index contributed by atoms with van der Waals surface area (Å²) in [7, 11) is 1.82. The number of furan rings is 1. The summed E-state index contributed by atoms with van der Waals surface area (Å²) < 4.78 is 5.84. The second-order valence-corrected chi connectivity index (χ2v) is 5.23. The van der Waals surface area contributed by atoms with Crippen LogP contribution in [0.25, 0.3) is 0 Å². The van der Waals surface area contributed by atoms with E-state index in [4.69, 9.17) is 4.42 Å². The predicted octanol–water partition coefficient (Wildman–Crippen LogP) is 3.26. The van der Waals surface area contributed by atoms with Gasteiger partial charge in [-0.1, -0.05) is 6.92 Å². The highest BCUT2D eigenvalue weighted by Gasteiger charge is 2.21. The maximum absolute atomic E-state index is 12.0. The van der Waals surface area contributed by atoms with Gasteiger partial charge in [0.2, 0.25) is 0 Å². The highest BCUT2D eigenvalue weighted by atomic mass is 79.9. The van der Waals surface area contributed by atoms with Crippen molar-refractivity contribution in [3.8, 4) is 0 Å². The molecule has 90 valence electrons. The number of rotatable bonds is 5. The van der Waals surface area contributed by atoms with Crippen LogP contribution in [0.4, 0.5) is 0 Å². The summed E-state index contributed by atoms with van der Waals surface area (Å²) in [6.45, 7) is 2.09. The zero-order chi connectivity index (χ0) is 12.1. The molecule has 1 heterocycles. The molecule has 1 amide bonds. The van der Waals surface area contributed by atoms with E-state index in [0.29, 0.717) is 10.4 Å². The molecule has 0 aliphatic carbocycles. The topological polar surface area (TPSA) is 33.5 Å². The van der Waals surface area contributed by atoms with E-state index in [-0.39, 0.29) is 11.9 Å². The maximum atomic E-state index is 12.0. The number of thioether (sulfide) groups is 1. The first kappa shape index (κ1) is 13.6. The minimum Gasteiger partial charge on any atom is -0.444 e. The van der Waals surface area contributed by atoms with E-state index in [2.05, 4.69) is 22.9 Å². The van der Waals surface area contributed by atoms with Crippen molar-refractivity contribution in [3.05, 3.63) is 22.6 Å². The van der Waals surface area contributed by atoms with Gasteiger partial charge in [-0.3, -0.25) is 4.79 Å². The molecule has 1 unspecified atom stereocenters. The Balaban J connectivity index is 2.72. The van der Waals surface area contributed by atoms with Crippen LogP contribution in [0.1, 0.15) is 23.9 Å². The van der Waals surface area contributed by atoms with Gasteiger partial charge in [-0.15, -0.1) is 0 Å². The van der Waals surface area contributed by atoms with Gasteiger partial charge >= 0.3 is 0 Å². The lowest BCUT2D eigenvalue weighted by Crippen LogP contribution is -2.38. The van der Waals surface area contributed by atoms with Gasteiger partial charge in [-0.25, -0.2) is 0 Å². The van der Waals surface area contributed by atoms with E-state index in [9.17, 15) is 4.79 Å². The Bertz CT molecular complexity index is 354.